The van der Waals surface area contributed by atoms with E-state index >= 15 is 0 Å². The Morgan fingerprint density at radius 1 is 1.61 bits per heavy atom. The molecular formula is C14H22N2OS. The monoisotopic (exact) mass is 266 g/mol. The Bertz CT molecular complexity index is 429. The molecule has 1 amide bonds. The van der Waals surface area contributed by atoms with E-state index in [2.05, 4.69) is 25.3 Å². The van der Waals surface area contributed by atoms with Gasteiger partial charge in [0.1, 0.15) is 0 Å². The number of hydrogen-bond donors (Lipinski definition) is 1. The first kappa shape index (κ1) is 13.6. The fraction of sp³-hybridized carbons (Fsp3) is 0.643. The van der Waals surface area contributed by atoms with Gasteiger partial charge in [-0.3, -0.25) is 4.79 Å². The number of hydrogen-bond acceptors (Lipinski definition) is 3. The average molecular weight is 266 g/mol. The third kappa shape index (κ3) is 2.59. The van der Waals surface area contributed by atoms with Crippen LogP contribution in [0.2, 0.25) is 0 Å². The van der Waals surface area contributed by atoms with Gasteiger partial charge in [0, 0.05) is 24.4 Å². The van der Waals surface area contributed by atoms with E-state index in [1.807, 2.05) is 4.90 Å². The molecule has 1 aliphatic heterocycles. The van der Waals surface area contributed by atoms with Crippen molar-refractivity contribution in [2.45, 2.75) is 45.1 Å². The minimum Gasteiger partial charge on any atom is -0.336 e. The van der Waals surface area contributed by atoms with E-state index in [-0.39, 0.29) is 11.4 Å². The Balaban J connectivity index is 1.94. The maximum Gasteiger partial charge on any atom is 0.223 e. The minimum absolute atomic E-state index is 0.110. The number of nitrogens with zero attached hydrogens (tertiary/aromatic N) is 1. The second-order valence-electron chi connectivity index (χ2n) is 5.38. The van der Waals surface area contributed by atoms with Crippen LogP contribution in [0.4, 0.5) is 0 Å². The molecule has 1 aromatic rings. The molecule has 0 saturated carbocycles. The molecular weight excluding hydrogens is 244 g/mol. The van der Waals surface area contributed by atoms with Crippen LogP contribution < -0.4 is 5.73 Å². The van der Waals surface area contributed by atoms with Gasteiger partial charge in [-0.2, -0.15) is 0 Å². The Labute approximate surface area is 113 Å². The quantitative estimate of drug-likeness (QED) is 0.909. The molecule has 0 radical (unpaired) electrons. The lowest BCUT2D eigenvalue weighted by atomic mass is 9.99. The summed E-state index contributed by atoms with van der Waals surface area (Å²) in [6, 6.07) is 2.12. The van der Waals surface area contributed by atoms with E-state index in [1.165, 1.54) is 10.4 Å². The summed E-state index contributed by atoms with van der Waals surface area (Å²) in [5.74, 6) is 0.258. The molecule has 1 atom stereocenters. The van der Waals surface area contributed by atoms with E-state index in [1.54, 1.807) is 11.3 Å². The number of thiophene rings is 1. The molecule has 1 unspecified atom stereocenters. The molecule has 100 valence electrons. The second kappa shape index (κ2) is 5.41. The van der Waals surface area contributed by atoms with Gasteiger partial charge in [0.05, 0.1) is 5.54 Å². The largest absolute Gasteiger partial charge is 0.336 e. The molecule has 4 heteroatoms. The van der Waals surface area contributed by atoms with Crippen molar-refractivity contribution in [2.24, 2.45) is 5.73 Å². The summed E-state index contributed by atoms with van der Waals surface area (Å²) in [6.45, 7) is 5.65. The molecule has 1 aliphatic rings. The van der Waals surface area contributed by atoms with E-state index in [9.17, 15) is 4.79 Å². The van der Waals surface area contributed by atoms with Gasteiger partial charge < -0.3 is 10.6 Å². The van der Waals surface area contributed by atoms with Gasteiger partial charge in [0.25, 0.3) is 0 Å². The Hall–Kier alpha value is -0.870. The first-order valence-corrected chi connectivity index (χ1v) is 7.48. The highest BCUT2D eigenvalue weighted by Crippen LogP contribution is 2.29. The zero-order valence-corrected chi connectivity index (χ0v) is 12.1. The zero-order valence-electron chi connectivity index (χ0n) is 11.2. The van der Waals surface area contributed by atoms with Crippen molar-refractivity contribution in [1.29, 1.82) is 0 Å². The Kier molecular flexibility index (Phi) is 4.07. The van der Waals surface area contributed by atoms with Crippen LogP contribution >= 0.6 is 11.3 Å². The van der Waals surface area contributed by atoms with Crippen molar-refractivity contribution in [3.05, 3.63) is 21.9 Å². The maximum atomic E-state index is 12.3. The number of rotatable bonds is 4. The van der Waals surface area contributed by atoms with E-state index < -0.39 is 0 Å². The van der Waals surface area contributed by atoms with Crippen molar-refractivity contribution in [1.82, 2.24) is 4.90 Å². The van der Waals surface area contributed by atoms with Gasteiger partial charge in [-0.15, -0.1) is 11.3 Å². The van der Waals surface area contributed by atoms with Gasteiger partial charge in [-0.1, -0.05) is 0 Å². The Morgan fingerprint density at radius 2 is 2.39 bits per heavy atom. The van der Waals surface area contributed by atoms with Crippen LogP contribution in [0, 0.1) is 6.92 Å². The molecule has 0 spiro atoms. The highest BCUT2D eigenvalue weighted by atomic mass is 32.1. The molecule has 2 N–H and O–H groups in total. The standard InChI is InChI=1S/C14H22N2OS/c1-11-6-9-18-12(11)4-5-13(17)16-8-3-7-14(16,2)10-15/h6,9H,3-5,7-8,10,15H2,1-2H3. The van der Waals surface area contributed by atoms with Gasteiger partial charge in [0.2, 0.25) is 5.91 Å². The molecule has 1 aromatic heterocycles. The highest BCUT2D eigenvalue weighted by molar-refractivity contribution is 7.10. The Morgan fingerprint density at radius 3 is 3.00 bits per heavy atom. The molecule has 0 bridgehead atoms. The SMILES string of the molecule is Cc1ccsc1CCC(=O)N1CCCC1(C)CN. The topological polar surface area (TPSA) is 46.3 Å². The maximum absolute atomic E-state index is 12.3. The van der Waals surface area contributed by atoms with Crippen molar-refractivity contribution in [2.75, 3.05) is 13.1 Å². The molecule has 3 nitrogen and oxygen atoms in total. The molecule has 2 heterocycles. The summed E-state index contributed by atoms with van der Waals surface area (Å²) >= 11 is 1.74. The minimum atomic E-state index is -0.110. The number of nitrogens with two attached hydrogens (primary N) is 1. The first-order valence-electron chi connectivity index (χ1n) is 6.60. The van der Waals surface area contributed by atoms with Crippen molar-refractivity contribution in [3.8, 4) is 0 Å². The molecule has 0 aromatic carbocycles. The molecule has 2 rings (SSSR count). The number of likely N-dealkylation sites (tertiary alicyclic amines) is 1. The summed E-state index contributed by atoms with van der Waals surface area (Å²) < 4.78 is 0. The molecule has 0 aliphatic carbocycles. The third-order valence-corrected chi connectivity index (χ3v) is 5.11. The van der Waals surface area contributed by atoms with E-state index in [0.29, 0.717) is 13.0 Å². The van der Waals surface area contributed by atoms with Crippen LogP contribution in [0.25, 0.3) is 0 Å². The lowest BCUT2D eigenvalue weighted by Crippen LogP contribution is -2.50. The predicted molar refractivity (Wildman–Crippen MR) is 75.8 cm³/mol. The normalized spacial score (nSPS) is 23.6. The smallest absolute Gasteiger partial charge is 0.223 e. The lowest BCUT2D eigenvalue weighted by Gasteiger charge is -2.34. The van der Waals surface area contributed by atoms with Crippen LogP contribution in [-0.2, 0) is 11.2 Å². The predicted octanol–water partition coefficient (Wildman–Crippen LogP) is 2.33. The van der Waals surface area contributed by atoms with Gasteiger partial charge in [-0.25, -0.2) is 0 Å². The summed E-state index contributed by atoms with van der Waals surface area (Å²) in [7, 11) is 0. The number of amides is 1. The fourth-order valence-electron chi connectivity index (χ4n) is 2.68. The third-order valence-electron chi connectivity index (χ3n) is 4.02. The lowest BCUT2D eigenvalue weighted by molar-refractivity contribution is -0.134. The van der Waals surface area contributed by atoms with Crippen LogP contribution in [0.3, 0.4) is 0 Å². The zero-order chi connectivity index (χ0) is 13.2. The first-order chi connectivity index (χ1) is 8.57. The van der Waals surface area contributed by atoms with Gasteiger partial charge in [-0.05, 0) is 50.1 Å². The summed E-state index contributed by atoms with van der Waals surface area (Å²) in [5, 5.41) is 2.09. The van der Waals surface area contributed by atoms with Crippen LogP contribution in [0.15, 0.2) is 11.4 Å². The van der Waals surface area contributed by atoms with Crippen molar-refractivity contribution >= 4 is 17.2 Å². The van der Waals surface area contributed by atoms with Crippen LogP contribution in [0.1, 0.15) is 36.6 Å². The van der Waals surface area contributed by atoms with E-state index in [4.69, 9.17) is 5.73 Å². The van der Waals surface area contributed by atoms with E-state index in [0.717, 1.165) is 25.8 Å². The summed E-state index contributed by atoms with van der Waals surface area (Å²) in [4.78, 5) is 15.6. The molecule has 18 heavy (non-hydrogen) atoms. The van der Waals surface area contributed by atoms with Crippen LogP contribution in [0.5, 0.6) is 0 Å². The average Bonchev–Trinajstić information content (AvgIpc) is 2.93. The van der Waals surface area contributed by atoms with Gasteiger partial charge >= 0.3 is 0 Å². The number of aryl methyl sites for hydroxylation is 2. The fourth-order valence-corrected chi connectivity index (χ4v) is 3.59. The summed E-state index contributed by atoms with van der Waals surface area (Å²) in [5.41, 5.74) is 7.01. The van der Waals surface area contributed by atoms with Crippen LogP contribution in [-0.4, -0.2) is 29.4 Å². The second-order valence-corrected chi connectivity index (χ2v) is 6.38. The highest BCUT2D eigenvalue weighted by Gasteiger charge is 2.37. The van der Waals surface area contributed by atoms with Crippen molar-refractivity contribution < 1.29 is 4.79 Å². The van der Waals surface area contributed by atoms with Gasteiger partial charge in [0.15, 0.2) is 0 Å². The molecule has 1 saturated heterocycles. The number of carbonyl (C=O) groups is 1. The number of carbonyl (C=O) groups excluding carboxylic acids is 1. The molecule has 1 fully saturated rings. The van der Waals surface area contributed by atoms with Crippen molar-refractivity contribution in [3.63, 3.8) is 0 Å². The summed E-state index contributed by atoms with van der Waals surface area (Å²) in [6.07, 6.45) is 3.58.